The predicted octanol–water partition coefficient (Wildman–Crippen LogP) is 6.69. The van der Waals surface area contributed by atoms with Crippen molar-refractivity contribution >= 4 is 23.2 Å². The molecule has 1 atom stereocenters. The van der Waals surface area contributed by atoms with E-state index < -0.39 is 88.5 Å². The Bertz CT molecular complexity index is 1060. The molecule has 0 bridgehead atoms. The van der Waals surface area contributed by atoms with E-state index in [1.54, 1.807) is 10.6 Å². The van der Waals surface area contributed by atoms with Gasteiger partial charge in [0.15, 0.2) is 0 Å². The second kappa shape index (κ2) is 10.9. The molecule has 0 saturated heterocycles. The van der Waals surface area contributed by atoms with E-state index in [1.807, 2.05) is 0 Å². The molecule has 0 heterocycles. The Morgan fingerprint density at radius 1 is 0.615 bits per heavy atom. The van der Waals surface area contributed by atoms with Gasteiger partial charge in [-0.1, -0.05) is 0 Å². The molecule has 39 heavy (non-hydrogen) atoms. The zero-order valence-corrected chi connectivity index (χ0v) is 19.3. The van der Waals surface area contributed by atoms with Crippen LogP contribution in [0.15, 0.2) is 36.4 Å². The predicted molar refractivity (Wildman–Crippen MR) is 112 cm³/mol. The molecule has 0 spiro atoms. The fourth-order valence-electron chi connectivity index (χ4n) is 3.22. The van der Waals surface area contributed by atoms with Gasteiger partial charge in [-0.25, -0.2) is 0 Å². The quantitative estimate of drug-likeness (QED) is 0.262. The lowest BCUT2D eigenvalue weighted by atomic mass is 9.98. The minimum atomic E-state index is -5.27. The fraction of sp³-hybridized carbons (Fsp3) is 0.364. The second-order valence-electron chi connectivity index (χ2n) is 8.33. The monoisotopic (exact) mass is 583 g/mol. The number of anilines is 2. The summed E-state index contributed by atoms with van der Waals surface area (Å²) in [5.41, 5.74) is -3.76. The first kappa shape index (κ1) is 31.7. The van der Waals surface area contributed by atoms with Crippen molar-refractivity contribution < 1.29 is 62.3 Å². The van der Waals surface area contributed by atoms with Crippen LogP contribution in [0.25, 0.3) is 0 Å². The topological polar surface area (TPSA) is 84.2 Å². The molecule has 0 radical (unpaired) electrons. The van der Waals surface area contributed by atoms with Gasteiger partial charge in [0.05, 0.1) is 22.3 Å². The van der Waals surface area contributed by atoms with Crippen LogP contribution in [0.1, 0.15) is 35.6 Å². The number of carbonyl (C=O) groups excluding carboxylic acids is 2. The molecule has 0 fully saturated rings. The van der Waals surface area contributed by atoms with Crippen molar-refractivity contribution in [1.29, 1.82) is 0 Å². The van der Waals surface area contributed by atoms with Crippen molar-refractivity contribution in [2.24, 2.45) is 11.7 Å². The van der Waals surface area contributed by atoms with Crippen LogP contribution in [0, 0.1) is 5.92 Å². The molecule has 2 aromatic carbocycles. The van der Waals surface area contributed by atoms with Crippen molar-refractivity contribution in [2.75, 3.05) is 10.6 Å². The fourth-order valence-corrected chi connectivity index (χ4v) is 3.22. The molecular weight excluding hydrogens is 566 g/mol. The average Bonchev–Trinajstić information content (AvgIpc) is 2.74. The van der Waals surface area contributed by atoms with Gasteiger partial charge in [-0.15, -0.1) is 0 Å². The SMILES string of the molecule is CC(N)CC(C(=O)Nc1cc(C(F)(F)F)cc(C(F)(F)F)c1)C(=O)Nc1cc(C(F)(F)F)cc(C(F)(F)F)c1. The summed E-state index contributed by atoms with van der Waals surface area (Å²) < 4.78 is 157. The van der Waals surface area contributed by atoms with Crippen molar-refractivity contribution in [3.63, 3.8) is 0 Å². The maximum absolute atomic E-state index is 13.1. The normalized spacial score (nSPS) is 13.8. The number of nitrogens with two attached hydrogens (primary N) is 1. The van der Waals surface area contributed by atoms with Crippen molar-refractivity contribution in [1.82, 2.24) is 0 Å². The lowest BCUT2D eigenvalue weighted by molar-refractivity contribution is -0.144. The number of carbonyl (C=O) groups is 2. The lowest BCUT2D eigenvalue weighted by Gasteiger charge is -2.21. The lowest BCUT2D eigenvalue weighted by Crippen LogP contribution is -2.37. The molecule has 17 heteroatoms. The number of hydrogen-bond acceptors (Lipinski definition) is 3. The summed E-state index contributed by atoms with van der Waals surface area (Å²) in [7, 11) is 0. The third-order valence-electron chi connectivity index (χ3n) is 4.95. The van der Waals surface area contributed by atoms with Crippen molar-refractivity contribution in [3.8, 4) is 0 Å². The minimum Gasteiger partial charge on any atom is -0.328 e. The molecule has 0 aliphatic rings. The van der Waals surface area contributed by atoms with Crippen LogP contribution < -0.4 is 16.4 Å². The number of nitrogens with one attached hydrogen (secondary N) is 2. The number of halogens is 12. The van der Waals surface area contributed by atoms with E-state index in [-0.39, 0.29) is 36.4 Å². The number of alkyl halides is 12. The van der Waals surface area contributed by atoms with Gasteiger partial charge in [0.25, 0.3) is 0 Å². The standard InChI is InChI=1S/C22H17F12N3O2/c1-9(35)2-16(17(38)36-14-5-10(19(23,24)25)3-11(6-14)20(26,27)28)18(39)37-15-7-12(21(29,30)31)4-13(8-15)22(32,33)34/h3-9,16H,2,35H2,1H3,(H,36,38)(H,37,39). The maximum Gasteiger partial charge on any atom is 0.416 e. The Morgan fingerprint density at radius 2 is 0.872 bits per heavy atom. The molecule has 2 rings (SSSR count). The summed E-state index contributed by atoms with van der Waals surface area (Å²) in [4.78, 5) is 25.4. The van der Waals surface area contributed by atoms with Gasteiger partial charge in [0.1, 0.15) is 5.92 Å². The highest BCUT2D eigenvalue weighted by Crippen LogP contribution is 2.39. The van der Waals surface area contributed by atoms with Crippen LogP contribution in [0.2, 0.25) is 0 Å². The second-order valence-corrected chi connectivity index (χ2v) is 8.33. The molecule has 0 aliphatic heterocycles. The Hall–Kier alpha value is -3.50. The van der Waals surface area contributed by atoms with Gasteiger partial charge in [-0.05, 0) is 49.7 Å². The van der Waals surface area contributed by atoms with E-state index in [4.69, 9.17) is 5.73 Å². The number of rotatable bonds is 6. The van der Waals surface area contributed by atoms with E-state index in [1.165, 1.54) is 6.92 Å². The first-order chi connectivity index (χ1) is 17.5. The Labute approximate surface area is 211 Å². The molecule has 0 aliphatic carbocycles. The van der Waals surface area contributed by atoms with Gasteiger partial charge in [-0.2, -0.15) is 52.7 Å². The van der Waals surface area contributed by atoms with E-state index in [0.29, 0.717) is 0 Å². The Morgan fingerprint density at radius 3 is 1.08 bits per heavy atom. The summed E-state index contributed by atoms with van der Waals surface area (Å²) >= 11 is 0. The van der Waals surface area contributed by atoms with E-state index >= 15 is 0 Å². The summed E-state index contributed by atoms with van der Waals surface area (Å²) in [5, 5.41) is 3.39. The first-order valence-electron chi connectivity index (χ1n) is 10.4. The summed E-state index contributed by atoms with van der Waals surface area (Å²) in [6.07, 6.45) is -21.7. The average molecular weight is 583 g/mol. The van der Waals surface area contributed by atoms with Crippen LogP contribution in [0.4, 0.5) is 64.1 Å². The van der Waals surface area contributed by atoms with Crippen LogP contribution in [-0.2, 0) is 34.3 Å². The molecular formula is C22H17F12N3O2. The molecule has 2 amide bonds. The van der Waals surface area contributed by atoms with Crippen LogP contribution in [-0.4, -0.2) is 17.9 Å². The molecule has 0 saturated carbocycles. The minimum absolute atomic E-state index is 0.135. The van der Waals surface area contributed by atoms with Crippen LogP contribution in [0.3, 0.4) is 0 Å². The summed E-state index contributed by atoms with van der Waals surface area (Å²) in [6.45, 7) is 1.23. The molecule has 5 nitrogen and oxygen atoms in total. The zero-order valence-electron chi connectivity index (χ0n) is 19.3. The highest BCUT2D eigenvalue weighted by Gasteiger charge is 2.39. The third-order valence-corrected chi connectivity index (χ3v) is 4.95. The largest absolute Gasteiger partial charge is 0.416 e. The Kier molecular flexibility index (Phi) is 8.89. The van der Waals surface area contributed by atoms with Gasteiger partial charge >= 0.3 is 24.7 Å². The van der Waals surface area contributed by atoms with Crippen molar-refractivity contribution in [3.05, 3.63) is 58.7 Å². The molecule has 2 aromatic rings. The molecule has 216 valence electrons. The van der Waals surface area contributed by atoms with Crippen LogP contribution in [0.5, 0.6) is 0 Å². The van der Waals surface area contributed by atoms with E-state index in [0.717, 1.165) is 0 Å². The Balaban J connectivity index is 2.45. The smallest absolute Gasteiger partial charge is 0.328 e. The highest BCUT2D eigenvalue weighted by molar-refractivity contribution is 6.10. The molecule has 4 N–H and O–H groups in total. The number of hydrogen-bond donors (Lipinski definition) is 3. The van der Waals surface area contributed by atoms with Gasteiger partial charge < -0.3 is 16.4 Å². The molecule has 1 unspecified atom stereocenters. The van der Waals surface area contributed by atoms with Gasteiger partial charge in [0, 0.05) is 17.4 Å². The molecule has 0 aromatic heterocycles. The maximum atomic E-state index is 13.1. The number of benzene rings is 2. The first-order valence-corrected chi connectivity index (χ1v) is 10.4. The van der Waals surface area contributed by atoms with E-state index in [9.17, 15) is 62.3 Å². The number of amides is 2. The van der Waals surface area contributed by atoms with Gasteiger partial charge in [-0.3, -0.25) is 9.59 Å². The van der Waals surface area contributed by atoms with E-state index in [2.05, 4.69) is 0 Å². The summed E-state index contributed by atoms with van der Waals surface area (Å²) in [6, 6.07) is -0.952. The third kappa shape index (κ3) is 8.76. The summed E-state index contributed by atoms with van der Waals surface area (Å²) in [5.74, 6) is -5.11. The van der Waals surface area contributed by atoms with Crippen LogP contribution >= 0.6 is 0 Å². The van der Waals surface area contributed by atoms with Gasteiger partial charge in [0.2, 0.25) is 11.8 Å². The van der Waals surface area contributed by atoms with Crippen molar-refractivity contribution in [2.45, 2.75) is 44.1 Å². The zero-order chi connectivity index (χ0) is 30.1. The highest BCUT2D eigenvalue weighted by atomic mass is 19.4.